The smallest absolute Gasteiger partial charge is 0.253 e. The third kappa shape index (κ3) is 4.05. The van der Waals surface area contributed by atoms with Gasteiger partial charge in [-0.2, -0.15) is 0 Å². The monoisotopic (exact) mass is 357 g/mol. The van der Waals surface area contributed by atoms with Crippen molar-refractivity contribution in [2.24, 2.45) is 0 Å². The van der Waals surface area contributed by atoms with Gasteiger partial charge in [-0.25, -0.2) is 4.68 Å². The van der Waals surface area contributed by atoms with Crippen molar-refractivity contribution in [3.63, 3.8) is 0 Å². The minimum absolute atomic E-state index is 0.00836. The summed E-state index contributed by atoms with van der Waals surface area (Å²) in [7, 11) is 0. The van der Waals surface area contributed by atoms with Gasteiger partial charge in [-0.05, 0) is 48.0 Å². The van der Waals surface area contributed by atoms with Gasteiger partial charge in [-0.15, -0.1) is 5.10 Å². The number of hydrogen-bond acceptors (Lipinski definition) is 6. The fourth-order valence-corrected chi connectivity index (χ4v) is 3.07. The molecule has 2 amide bonds. The molecule has 1 aromatic heterocycles. The lowest BCUT2D eigenvalue weighted by molar-refractivity contribution is -0.122. The van der Waals surface area contributed by atoms with Crippen LogP contribution in [-0.4, -0.2) is 81.1 Å². The van der Waals surface area contributed by atoms with Crippen LogP contribution in [0.25, 0.3) is 5.69 Å². The highest BCUT2D eigenvalue weighted by atomic mass is 16.2. The number of amides is 2. The number of benzene rings is 1. The number of carbonyl (C=O) groups is 2. The fraction of sp³-hybridized carbons (Fsp3) is 0.471. The van der Waals surface area contributed by atoms with Crippen molar-refractivity contribution < 1.29 is 9.59 Å². The van der Waals surface area contributed by atoms with E-state index in [9.17, 15) is 9.59 Å². The number of rotatable bonds is 5. The fourth-order valence-electron chi connectivity index (χ4n) is 3.07. The van der Waals surface area contributed by atoms with Gasteiger partial charge in [0.15, 0.2) is 0 Å². The van der Waals surface area contributed by atoms with Gasteiger partial charge in [0.2, 0.25) is 5.91 Å². The van der Waals surface area contributed by atoms with Crippen molar-refractivity contribution in [3.8, 4) is 5.69 Å². The molecule has 0 radical (unpaired) electrons. The van der Waals surface area contributed by atoms with Crippen LogP contribution in [0.1, 0.15) is 22.8 Å². The number of tetrazole rings is 1. The van der Waals surface area contributed by atoms with E-state index in [2.05, 4.69) is 25.7 Å². The van der Waals surface area contributed by atoms with Crippen LogP contribution in [0.2, 0.25) is 0 Å². The average molecular weight is 357 g/mol. The molecule has 9 nitrogen and oxygen atoms in total. The second-order valence-corrected chi connectivity index (χ2v) is 6.28. The predicted molar refractivity (Wildman–Crippen MR) is 94.9 cm³/mol. The Morgan fingerprint density at radius 1 is 1.19 bits per heavy atom. The normalized spacial score (nSPS) is 15.1. The largest absolute Gasteiger partial charge is 0.355 e. The zero-order valence-corrected chi connectivity index (χ0v) is 15.1. The van der Waals surface area contributed by atoms with E-state index in [1.807, 2.05) is 30.9 Å². The molecule has 1 saturated heterocycles. The molecule has 9 heteroatoms. The third-order valence-corrected chi connectivity index (χ3v) is 4.44. The van der Waals surface area contributed by atoms with Crippen LogP contribution in [0, 0.1) is 6.92 Å². The van der Waals surface area contributed by atoms with Crippen molar-refractivity contribution in [1.29, 1.82) is 0 Å². The summed E-state index contributed by atoms with van der Waals surface area (Å²) in [6.45, 7) is 7.49. The third-order valence-electron chi connectivity index (χ3n) is 4.44. The molecule has 26 heavy (non-hydrogen) atoms. The molecular formula is C17H23N7O2. The summed E-state index contributed by atoms with van der Waals surface area (Å²) >= 11 is 0. The van der Waals surface area contributed by atoms with E-state index in [4.69, 9.17) is 0 Å². The minimum atomic E-state index is 0.00836. The molecule has 1 N–H and O–H groups in total. The summed E-state index contributed by atoms with van der Waals surface area (Å²) in [5.74, 6) is 0.0371. The van der Waals surface area contributed by atoms with Gasteiger partial charge >= 0.3 is 0 Å². The van der Waals surface area contributed by atoms with Gasteiger partial charge in [0, 0.05) is 38.3 Å². The molecule has 3 rings (SSSR count). The maximum absolute atomic E-state index is 12.8. The molecule has 0 spiro atoms. The predicted octanol–water partition coefficient (Wildman–Crippen LogP) is -0.135. The van der Waals surface area contributed by atoms with Crippen LogP contribution < -0.4 is 5.32 Å². The summed E-state index contributed by atoms with van der Waals surface area (Å²) < 4.78 is 1.57. The number of aryl methyl sites for hydroxylation is 1. The SMILES string of the molecule is CCNC(=O)CN1CCN(C(=O)c2ccc(-n3cnnn3)c(C)c2)CC1. The van der Waals surface area contributed by atoms with Crippen LogP contribution in [0.5, 0.6) is 0 Å². The first kappa shape index (κ1) is 18.0. The molecule has 1 aliphatic rings. The first-order valence-electron chi connectivity index (χ1n) is 8.71. The molecule has 0 saturated carbocycles. The maximum atomic E-state index is 12.8. The molecule has 1 aliphatic heterocycles. The lowest BCUT2D eigenvalue weighted by Crippen LogP contribution is -2.51. The molecule has 2 heterocycles. The lowest BCUT2D eigenvalue weighted by Gasteiger charge is -2.34. The standard InChI is InChI=1S/C17H23N7O2/c1-3-18-16(25)11-22-6-8-23(9-7-22)17(26)14-4-5-15(13(2)10-14)24-12-19-20-21-24/h4-5,10,12H,3,6-9,11H2,1-2H3,(H,18,25). The van der Waals surface area contributed by atoms with Gasteiger partial charge in [0.25, 0.3) is 5.91 Å². The minimum Gasteiger partial charge on any atom is -0.355 e. The zero-order valence-electron chi connectivity index (χ0n) is 15.1. The van der Waals surface area contributed by atoms with Crippen LogP contribution in [0.3, 0.4) is 0 Å². The summed E-state index contributed by atoms with van der Waals surface area (Å²) in [5, 5.41) is 13.9. The van der Waals surface area contributed by atoms with Gasteiger partial charge in [0.1, 0.15) is 6.33 Å². The summed E-state index contributed by atoms with van der Waals surface area (Å²) in [4.78, 5) is 28.3. The average Bonchev–Trinajstić information content (AvgIpc) is 3.16. The molecular weight excluding hydrogens is 334 g/mol. The maximum Gasteiger partial charge on any atom is 0.253 e. The number of aromatic nitrogens is 4. The molecule has 0 unspecified atom stereocenters. The van der Waals surface area contributed by atoms with E-state index >= 15 is 0 Å². The topological polar surface area (TPSA) is 96.2 Å². The Kier molecular flexibility index (Phi) is 5.57. The van der Waals surface area contributed by atoms with Crippen LogP contribution >= 0.6 is 0 Å². The number of hydrogen-bond donors (Lipinski definition) is 1. The Labute approximate surface area is 152 Å². The molecule has 1 fully saturated rings. The van der Waals surface area contributed by atoms with E-state index in [-0.39, 0.29) is 11.8 Å². The summed E-state index contributed by atoms with van der Waals surface area (Å²) in [6, 6.07) is 5.51. The van der Waals surface area contributed by atoms with Crippen molar-refractivity contribution in [2.45, 2.75) is 13.8 Å². The highest BCUT2D eigenvalue weighted by molar-refractivity contribution is 5.94. The molecule has 1 aromatic carbocycles. The second-order valence-electron chi connectivity index (χ2n) is 6.28. The number of piperazine rings is 1. The first-order chi connectivity index (χ1) is 12.6. The second kappa shape index (κ2) is 8.05. The van der Waals surface area contributed by atoms with Crippen LogP contribution in [0.15, 0.2) is 24.5 Å². The van der Waals surface area contributed by atoms with E-state index in [0.29, 0.717) is 44.8 Å². The summed E-state index contributed by atoms with van der Waals surface area (Å²) in [6.07, 6.45) is 1.53. The van der Waals surface area contributed by atoms with Crippen molar-refractivity contribution in [2.75, 3.05) is 39.3 Å². The van der Waals surface area contributed by atoms with Gasteiger partial charge in [-0.3, -0.25) is 14.5 Å². The first-order valence-corrected chi connectivity index (χ1v) is 8.71. The van der Waals surface area contributed by atoms with Crippen molar-refractivity contribution >= 4 is 11.8 Å². The zero-order chi connectivity index (χ0) is 18.5. The molecule has 0 atom stereocenters. The van der Waals surface area contributed by atoms with Gasteiger partial charge in [-0.1, -0.05) is 0 Å². The van der Waals surface area contributed by atoms with Crippen LogP contribution in [-0.2, 0) is 4.79 Å². The van der Waals surface area contributed by atoms with Crippen molar-refractivity contribution in [1.82, 2.24) is 35.3 Å². The van der Waals surface area contributed by atoms with E-state index in [1.165, 1.54) is 6.33 Å². The van der Waals surface area contributed by atoms with Gasteiger partial charge < -0.3 is 10.2 Å². The number of carbonyl (C=O) groups excluding carboxylic acids is 2. The Balaban J connectivity index is 1.60. The van der Waals surface area contributed by atoms with Crippen molar-refractivity contribution in [3.05, 3.63) is 35.7 Å². The number of likely N-dealkylation sites (N-methyl/N-ethyl adjacent to an activating group) is 1. The highest BCUT2D eigenvalue weighted by Crippen LogP contribution is 2.16. The summed E-state index contributed by atoms with van der Waals surface area (Å²) in [5.41, 5.74) is 2.42. The number of nitrogens with one attached hydrogen (secondary N) is 1. The quantitative estimate of drug-likeness (QED) is 0.800. The van der Waals surface area contributed by atoms with E-state index in [1.54, 1.807) is 10.7 Å². The molecule has 138 valence electrons. The Morgan fingerprint density at radius 2 is 1.96 bits per heavy atom. The Morgan fingerprint density at radius 3 is 2.58 bits per heavy atom. The highest BCUT2D eigenvalue weighted by Gasteiger charge is 2.23. The van der Waals surface area contributed by atoms with Gasteiger partial charge in [0.05, 0.1) is 12.2 Å². The van der Waals surface area contributed by atoms with E-state index < -0.39 is 0 Å². The van der Waals surface area contributed by atoms with E-state index in [0.717, 1.165) is 11.3 Å². The Bertz CT molecular complexity index is 767. The van der Waals surface area contributed by atoms with Crippen LogP contribution in [0.4, 0.5) is 0 Å². The number of nitrogens with zero attached hydrogens (tertiary/aromatic N) is 6. The molecule has 2 aromatic rings. The molecule has 0 bridgehead atoms. The Hall–Kier alpha value is -2.81. The lowest BCUT2D eigenvalue weighted by atomic mass is 10.1. The molecule has 0 aliphatic carbocycles.